The van der Waals surface area contributed by atoms with Crippen LogP contribution in [0.2, 0.25) is 0 Å². The van der Waals surface area contributed by atoms with Crippen LogP contribution in [0, 0.1) is 0 Å². The van der Waals surface area contributed by atoms with E-state index in [9.17, 15) is 29.7 Å². The zero-order chi connectivity index (χ0) is 50.9. The monoisotopic (exact) mass is 958 g/mol. The summed E-state index contributed by atoms with van der Waals surface area (Å²) in [4.78, 5) is 41.2. The van der Waals surface area contributed by atoms with Gasteiger partial charge in [0.15, 0.2) is 34.4 Å². The van der Waals surface area contributed by atoms with E-state index in [1.165, 1.54) is 57.7 Å². The van der Waals surface area contributed by atoms with Gasteiger partial charge in [-0.3, -0.25) is 4.79 Å². The van der Waals surface area contributed by atoms with Gasteiger partial charge in [0.05, 0.1) is 64.9 Å². The van der Waals surface area contributed by atoms with Crippen molar-refractivity contribution in [1.29, 1.82) is 0 Å². The number of carboxylic acids is 1. The van der Waals surface area contributed by atoms with Gasteiger partial charge in [-0.25, -0.2) is 9.59 Å². The maximum absolute atomic E-state index is 13.1. The highest BCUT2D eigenvalue weighted by atomic mass is 16.6. The average molecular weight is 959 g/mol. The van der Waals surface area contributed by atoms with Gasteiger partial charge in [0.1, 0.15) is 23.0 Å². The molecule has 0 bridgehead atoms. The summed E-state index contributed by atoms with van der Waals surface area (Å²) in [6.45, 7) is 11.5. The smallest absolute Gasteiger partial charge is 0.340 e. The number of ketones is 1. The Morgan fingerprint density at radius 3 is 1.63 bits per heavy atom. The zero-order valence-corrected chi connectivity index (χ0v) is 40.9. The number of hydrogen-bond acceptors (Lipinski definition) is 15. The minimum absolute atomic E-state index is 0.0610. The lowest BCUT2D eigenvalue weighted by molar-refractivity contribution is 0.0215. The number of anilines is 2. The first-order valence-corrected chi connectivity index (χ1v) is 22.4. The summed E-state index contributed by atoms with van der Waals surface area (Å²) < 4.78 is 44.8. The first-order chi connectivity index (χ1) is 33.7. The molecule has 16 nitrogen and oxygen atoms in total. The number of aromatic hydroxyl groups is 2. The molecule has 70 heavy (non-hydrogen) atoms. The second-order valence-electron chi connectivity index (χ2n) is 15.5. The molecule has 16 heteroatoms. The predicted octanol–water partition coefficient (Wildman–Crippen LogP) is 9.71. The third kappa shape index (κ3) is 9.57. The molecule has 2 heterocycles. The number of esters is 1. The molecule has 1 unspecified atom stereocenters. The molecule has 6 aromatic carbocycles. The Kier molecular flexibility index (Phi) is 16.2. The number of phenols is 2. The van der Waals surface area contributed by atoms with E-state index in [-0.39, 0.29) is 28.2 Å². The van der Waals surface area contributed by atoms with E-state index < -0.39 is 23.3 Å². The summed E-state index contributed by atoms with van der Waals surface area (Å²) in [5.41, 5.74) is 3.17. The van der Waals surface area contributed by atoms with Crippen molar-refractivity contribution in [3.63, 3.8) is 0 Å². The molecule has 0 fully saturated rings. The first kappa shape index (κ1) is 51.1. The number of hydrogen-bond donors (Lipinski definition) is 3. The van der Waals surface area contributed by atoms with Gasteiger partial charge < -0.3 is 63.0 Å². The highest BCUT2D eigenvalue weighted by Crippen LogP contribution is 2.62. The third-order valence-electron chi connectivity index (χ3n) is 12.0. The number of carboxylic acid groups (broad SMARTS) is 1. The van der Waals surface area contributed by atoms with Gasteiger partial charge in [-0.1, -0.05) is 36.4 Å². The van der Waals surface area contributed by atoms with E-state index in [1.807, 2.05) is 55.1 Å². The SMILES string of the molecule is CCN(CC)c1ccc(C(=O)c2ccccc2C(=O)O)c(O)c1.CCN(CC)c1ccc2c(c1)Oc1cc(OC)c(OC)c(OC)c1C21OC(=O)c2ccccc21.COc1cc(O)cc(OC)c1OC. The average Bonchev–Trinajstić information content (AvgIpc) is 3.67. The van der Waals surface area contributed by atoms with E-state index in [1.54, 1.807) is 51.7 Å². The Morgan fingerprint density at radius 2 is 1.09 bits per heavy atom. The lowest BCUT2D eigenvalue weighted by Gasteiger charge is -2.38. The van der Waals surface area contributed by atoms with Crippen LogP contribution in [-0.4, -0.2) is 102 Å². The Bertz CT molecular complexity index is 2850. The fraction of sp³-hybridized carbons (Fsp3) is 0.278. The zero-order valence-electron chi connectivity index (χ0n) is 40.9. The van der Waals surface area contributed by atoms with Crippen LogP contribution in [0.5, 0.6) is 57.5 Å². The number of carbonyl (C=O) groups is 3. The first-order valence-electron chi connectivity index (χ1n) is 22.4. The second kappa shape index (κ2) is 22.2. The number of ether oxygens (including phenoxy) is 8. The highest BCUT2D eigenvalue weighted by molar-refractivity contribution is 6.15. The topological polar surface area (TPSA) is 192 Å². The summed E-state index contributed by atoms with van der Waals surface area (Å²) in [6, 6.07) is 28.9. The van der Waals surface area contributed by atoms with Crippen LogP contribution in [0.15, 0.2) is 103 Å². The number of benzene rings is 6. The molecule has 1 atom stereocenters. The largest absolute Gasteiger partial charge is 0.508 e. The van der Waals surface area contributed by atoms with E-state index in [2.05, 4.69) is 18.7 Å². The van der Waals surface area contributed by atoms with Gasteiger partial charge in [0.25, 0.3) is 0 Å². The number of nitrogens with zero attached hydrogens (tertiary/aromatic N) is 2. The molecule has 8 rings (SSSR count). The van der Waals surface area contributed by atoms with Gasteiger partial charge in [-0.15, -0.1) is 0 Å². The lowest BCUT2D eigenvalue weighted by Crippen LogP contribution is -2.34. The maximum atomic E-state index is 13.1. The minimum Gasteiger partial charge on any atom is -0.508 e. The maximum Gasteiger partial charge on any atom is 0.340 e. The quantitative estimate of drug-likeness (QED) is 0.0650. The molecule has 1 spiro atoms. The number of carbonyl (C=O) groups excluding carboxylic acids is 2. The molecule has 0 aliphatic carbocycles. The van der Waals surface area contributed by atoms with Crippen molar-refractivity contribution in [3.8, 4) is 57.5 Å². The Morgan fingerprint density at radius 1 is 0.557 bits per heavy atom. The molecule has 2 aliphatic rings. The Balaban J connectivity index is 0.000000192. The van der Waals surface area contributed by atoms with Crippen molar-refractivity contribution in [3.05, 3.63) is 142 Å². The van der Waals surface area contributed by atoms with Gasteiger partial charge >= 0.3 is 11.9 Å². The highest BCUT2D eigenvalue weighted by Gasteiger charge is 2.56. The van der Waals surface area contributed by atoms with Crippen LogP contribution >= 0.6 is 0 Å². The minimum atomic E-state index is -1.26. The summed E-state index contributed by atoms with van der Waals surface area (Å²) in [5.74, 6) is 1.53. The van der Waals surface area contributed by atoms with Crippen molar-refractivity contribution >= 4 is 29.1 Å². The standard InChI is InChI=1S/C27H27NO6.C18H19NO4.C9H12O4/c1-6-28(7-2)16-12-13-19-20(14-16)33-21-15-22(30-3)24(31-4)25(32-5)23(21)27(19)18-11-9-8-10-17(18)26(29)34-27;1-3-19(4-2)12-9-10-15(16(20)11-12)17(21)13-7-5-6-8-14(13)18(22)23;1-11-7-4-6(10)5-8(12-2)9(7)13-3/h8-15H,6-7H2,1-5H3;5-11,20H,3-4H2,1-2H3,(H,22,23);4-5,10H,1-3H3. The number of aromatic carboxylic acids is 1. The van der Waals surface area contributed by atoms with Gasteiger partial charge in [-0.2, -0.15) is 0 Å². The molecule has 0 radical (unpaired) electrons. The molecule has 0 saturated heterocycles. The second-order valence-corrected chi connectivity index (χ2v) is 15.5. The Hall–Kier alpha value is -8.27. The predicted molar refractivity (Wildman–Crippen MR) is 264 cm³/mol. The normalized spacial score (nSPS) is 13.5. The van der Waals surface area contributed by atoms with Crippen LogP contribution in [-0.2, 0) is 10.3 Å². The van der Waals surface area contributed by atoms with Gasteiger partial charge in [0, 0.05) is 84.6 Å². The molecule has 0 amide bonds. The molecule has 3 N–H and O–H groups in total. The number of fused-ring (bicyclic) bond motifs is 6. The summed E-state index contributed by atoms with van der Waals surface area (Å²) in [5, 5.41) is 28.6. The molecule has 2 aliphatic heterocycles. The number of phenolic OH excluding ortho intramolecular Hbond substituents is 2. The number of methoxy groups -OCH3 is 6. The third-order valence-corrected chi connectivity index (χ3v) is 12.0. The van der Waals surface area contributed by atoms with Crippen molar-refractivity contribution in [2.45, 2.75) is 33.3 Å². The fourth-order valence-electron chi connectivity index (χ4n) is 8.65. The lowest BCUT2D eigenvalue weighted by atomic mass is 9.77. The van der Waals surface area contributed by atoms with E-state index >= 15 is 0 Å². The van der Waals surface area contributed by atoms with Crippen LogP contribution in [0.4, 0.5) is 11.4 Å². The molecular weight excluding hydrogens is 901 g/mol. The van der Waals surface area contributed by atoms with Crippen molar-refractivity contribution < 1.29 is 67.6 Å². The molecular formula is C54H58N2O14. The van der Waals surface area contributed by atoms with E-state index in [4.69, 9.17) is 37.9 Å². The van der Waals surface area contributed by atoms with Crippen LogP contribution in [0.25, 0.3) is 0 Å². The van der Waals surface area contributed by atoms with E-state index in [0.717, 1.165) is 48.7 Å². The summed E-state index contributed by atoms with van der Waals surface area (Å²) >= 11 is 0. The number of rotatable bonds is 15. The summed E-state index contributed by atoms with van der Waals surface area (Å²) in [6.07, 6.45) is 0. The van der Waals surface area contributed by atoms with Crippen LogP contribution < -0.4 is 43.0 Å². The molecule has 6 aromatic rings. The fourth-order valence-corrected chi connectivity index (χ4v) is 8.65. The van der Waals surface area contributed by atoms with Crippen LogP contribution in [0.3, 0.4) is 0 Å². The Labute approximate surface area is 407 Å². The molecule has 0 aromatic heterocycles. The summed E-state index contributed by atoms with van der Waals surface area (Å²) in [7, 11) is 9.15. The molecule has 368 valence electrons. The van der Waals surface area contributed by atoms with Gasteiger partial charge in [0.2, 0.25) is 11.5 Å². The van der Waals surface area contributed by atoms with Gasteiger partial charge in [-0.05, 0) is 64.1 Å². The van der Waals surface area contributed by atoms with Crippen molar-refractivity contribution in [2.75, 3.05) is 78.6 Å². The molecule has 0 saturated carbocycles. The van der Waals surface area contributed by atoms with Crippen molar-refractivity contribution in [1.82, 2.24) is 0 Å². The van der Waals surface area contributed by atoms with Crippen molar-refractivity contribution in [2.24, 2.45) is 0 Å². The van der Waals surface area contributed by atoms with Crippen LogP contribution in [0.1, 0.15) is 81.0 Å². The van der Waals surface area contributed by atoms with E-state index in [0.29, 0.717) is 57.1 Å².